The summed E-state index contributed by atoms with van der Waals surface area (Å²) >= 11 is 0. The van der Waals surface area contributed by atoms with Crippen LogP contribution < -0.4 is 16.2 Å². The van der Waals surface area contributed by atoms with E-state index in [0.29, 0.717) is 23.9 Å². The fourth-order valence-corrected chi connectivity index (χ4v) is 2.68. The third-order valence-electron chi connectivity index (χ3n) is 3.86. The average Bonchev–Trinajstić information content (AvgIpc) is 3.02. The van der Waals surface area contributed by atoms with Crippen molar-refractivity contribution < 1.29 is 4.74 Å². The highest BCUT2D eigenvalue weighted by Crippen LogP contribution is 2.34. The maximum atomic E-state index is 6.02. The molecule has 0 aliphatic heterocycles. The van der Waals surface area contributed by atoms with Crippen molar-refractivity contribution in [2.24, 2.45) is 0 Å². The van der Waals surface area contributed by atoms with E-state index in [1.54, 1.807) is 12.3 Å². The van der Waals surface area contributed by atoms with E-state index in [9.17, 15) is 0 Å². The van der Waals surface area contributed by atoms with Crippen LogP contribution in [0.4, 0.5) is 11.8 Å². The second kappa shape index (κ2) is 6.12. The minimum atomic E-state index is 0.216. The van der Waals surface area contributed by atoms with Crippen molar-refractivity contribution in [1.82, 2.24) is 20.2 Å². The van der Waals surface area contributed by atoms with Crippen LogP contribution in [0.3, 0.4) is 0 Å². The Morgan fingerprint density at radius 2 is 1.88 bits per heavy atom. The number of nitrogen functional groups attached to an aromatic ring is 2. The van der Waals surface area contributed by atoms with E-state index >= 15 is 0 Å². The van der Waals surface area contributed by atoms with Crippen LogP contribution in [-0.2, 0) is 6.61 Å². The standard InChI is InChI=1S/C18H16N6O/c19-17-16-14(23-24-17)8-12(13-6-7-21-18(20)22-13)9-15(16)25-10-11-4-2-1-3-5-11/h1-9H,10H2,(H3,19,23,24)(H2,20,21,22). The van der Waals surface area contributed by atoms with Gasteiger partial charge in [0.1, 0.15) is 12.4 Å². The van der Waals surface area contributed by atoms with Crippen molar-refractivity contribution in [2.45, 2.75) is 6.61 Å². The number of ether oxygens (including phenoxy) is 1. The summed E-state index contributed by atoms with van der Waals surface area (Å²) in [5.74, 6) is 1.25. The Kier molecular flexibility index (Phi) is 3.66. The number of anilines is 2. The van der Waals surface area contributed by atoms with Gasteiger partial charge in [0.15, 0.2) is 5.82 Å². The Balaban J connectivity index is 1.77. The average molecular weight is 332 g/mol. The lowest BCUT2D eigenvalue weighted by molar-refractivity contribution is 0.310. The first-order valence-corrected chi connectivity index (χ1v) is 7.74. The van der Waals surface area contributed by atoms with Gasteiger partial charge in [-0.1, -0.05) is 30.3 Å². The van der Waals surface area contributed by atoms with Gasteiger partial charge >= 0.3 is 0 Å². The summed E-state index contributed by atoms with van der Waals surface area (Å²) in [5.41, 5.74) is 15.1. The number of rotatable bonds is 4. The highest BCUT2D eigenvalue weighted by atomic mass is 16.5. The summed E-state index contributed by atoms with van der Waals surface area (Å²) in [6.45, 7) is 0.427. The SMILES string of the molecule is Nc1nccc(-c2cc(OCc3ccccc3)c3c(N)n[nH]c3c2)n1. The van der Waals surface area contributed by atoms with Gasteiger partial charge in [-0.3, -0.25) is 5.10 Å². The molecule has 0 spiro atoms. The molecule has 25 heavy (non-hydrogen) atoms. The molecule has 0 saturated heterocycles. The lowest BCUT2D eigenvalue weighted by Gasteiger charge is -2.10. The number of nitrogens with zero attached hydrogens (tertiary/aromatic N) is 3. The molecule has 124 valence electrons. The van der Waals surface area contributed by atoms with Gasteiger partial charge in [0.25, 0.3) is 0 Å². The second-order valence-corrected chi connectivity index (χ2v) is 5.58. The zero-order valence-corrected chi connectivity index (χ0v) is 13.3. The van der Waals surface area contributed by atoms with Crippen molar-refractivity contribution in [3.63, 3.8) is 0 Å². The molecular weight excluding hydrogens is 316 g/mol. The first-order valence-electron chi connectivity index (χ1n) is 7.74. The molecule has 0 amide bonds. The highest BCUT2D eigenvalue weighted by molar-refractivity contribution is 5.97. The monoisotopic (exact) mass is 332 g/mol. The van der Waals surface area contributed by atoms with E-state index in [4.69, 9.17) is 16.2 Å². The van der Waals surface area contributed by atoms with E-state index in [2.05, 4.69) is 20.2 Å². The number of nitrogens with two attached hydrogens (primary N) is 2. The van der Waals surface area contributed by atoms with Gasteiger partial charge in [-0.05, 0) is 23.8 Å². The van der Waals surface area contributed by atoms with Crippen LogP contribution in [0, 0.1) is 0 Å². The van der Waals surface area contributed by atoms with Gasteiger partial charge < -0.3 is 16.2 Å². The molecule has 0 bridgehead atoms. The minimum absolute atomic E-state index is 0.216. The van der Waals surface area contributed by atoms with Crippen LogP contribution >= 0.6 is 0 Å². The first-order chi connectivity index (χ1) is 12.2. The summed E-state index contributed by atoms with van der Waals surface area (Å²) in [6, 6.07) is 15.5. The van der Waals surface area contributed by atoms with Gasteiger partial charge in [0.05, 0.1) is 16.6 Å². The fraction of sp³-hybridized carbons (Fsp3) is 0.0556. The molecule has 0 fully saturated rings. The number of fused-ring (bicyclic) bond motifs is 1. The Labute approximate surface area is 143 Å². The van der Waals surface area contributed by atoms with Crippen LogP contribution in [0.1, 0.15) is 5.56 Å². The van der Waals surface area contributed by atoms with Gasteiger partial charge in [0, 0.05) is 11.8 Å². The maximum Gasteiger partial charge on any atom is 0.220 e. The smallest absolute Gasteiger partial charge is 0.220 e. The molecule has 7 nitrogen and oxygen atoms in total. The van der Waals surface area contributed by atoms with Crippen LogP contribution in [-0.4, -0.2) is 20.2 Å². The molecule has 0 aliphatic rings. The minimum Gasteiger partial charge on any atom is -0.488 e. The molecule has 0 radical (unpaired) electrons. The van der Waals surface area contributed by atoms with E-state index < -0.39 is 0 Å². The summed E-state index contributed by atoms with van der Waals surface area (Å²) in [7, 11) is 0. The molecule has 2 aromatic heterocycles. The van der Waals surface area contributed by atoms with Crippen LogP contribution in [0.15, 0.2) is 54.7 Å². The van der Waals surface area contributed by atoms with Crippen molar-refractivity contribution >= 4 is 22.7 Å². The molecule has 4 aromatic rings. The number of nitrogens with one attached hydrogen (secondary N) is 1. The molecule has 0 aliphatic carbocycles. The number of hydrogen-bond donors (Lipinski definition) is 3. The molecule has 2 heterocycles. The third-order valence-corrected chi connectivity index (χ3v) is 3.86. The molecule has 5 N–H and O–H groups in total. The summed E-state index contributed by atoms with van der Waals surface area (Å²) in [6.07, 6.45) is 1.62. The summed E-state index contributed by atoms with van der Waals surface area (Å²) in [5, 5.41) is 7.75. The Morgan fingerprint density at radius 3 is 2.68 bits per heavy atom. The van der Waals surface area contributed by atoms with E-state index in [-0.39, 0.29) is 5.95 Å². The van der Waals surface area contributed by atoms with Gasteiger partial charge in [-0.25, -0.2) is 9.97 Å². The quantitative estimate of drug-likeness (QED) is 0.529. The van der Waals surface area contributed by atoms with Crippen LogP contribution in [0.2, 0.25) is 0 Å². The highest BCUT2D eigenvalue weighted by Gasteiger charge is 2.13. The van der Waals surface area contributed by atoms with Crippen molar-refractivity contribution in [1.29, 1.82) is 0 Å². The molecule has 0 saturated carbocycles. The number of hydrogen-bond acceptors (Lipinski definition) is 6. The van der Waals surface area contributed by atoms with E-state index in [0.717, 1.165) is 22.0 Å². The van der Waals surface area contributed by atoms with Crippen molar-refractivity contribution in [2.75, 3.05) is 11.5 Å². The third kappa shape index (κ3) is 2.94. The number of aromatic nitrogens is 4. The first kappa shape index (κ1) is 14.9. The zero-order chi connectivity index (χ0) is 17.2. The predicted molar refractivity (Wildman–Crippen MR) is 96.7 cm³/mol. The molecule has 2 aromatic carbocycles. The lowest BCUT2D eigenvalue weighted by atomic mass is 10.1. The van der Waals surface area contributed by atoms with E-state index in [1.807, 2.05) is 42.5 Å². The largest absolute Gasteiger partial charge is 0.488 e. The van der Waals surface area contributed by atoms with Gasteiger partial charge in [-0.2, -0.15) is 5.10 Å². The van der Waals surface area contributed by atoms with Gasteiger partial charge in [-0.15, -0.1) is 0 Å². The molecule has 0 atom stereocenters. The van der Waals surface area contributed by atoms with Crippen molar-refractivity contribution in [3.05, 3.63) is 60.3 Å². The van der Waals surface area contributed by atoms with Crippen molar-refractivity contribution in [3.8, 4) is 17.0 Å². The molecule has 0 unspecified atom stereocenters. The zero-order valence-electron chi connectivity index (χ0n) is 13.3. The van der Waals surface area contributed by atoms with Crippen LogP contribution in [0.5, 0.6) is 5.75 Å². The number of benzene rings is 2. The number of H-pyrrole nitrogens is 1. The number of aromatic amines is 1. The summed E-state index contributed by atoms with van der Waals surface area (Å²) < 4.78 is 6.02. The van der Waals surface area contributed by atoms with Crippen LogP contribution in [0.25, 0.3) is 22.2 Å². The Bertz CT molecular complexity index is 1030. The normalized spacial score (nSPS) is 10.9. The maximum absolute atomic E-state index is 6.02. The Morgan fingerprint density at radius 1 is 1.04 bits per heavy atom. The topological polar surface area (TPSA) is 116 Å². The molecular formula is C18H16N6O. The predicted octanol–water partition coefficient (Wildman–Crippen LogP) is 2.76. The Hall–Kier alpha value is -3.61. The molecule has 4 rings (SSSR count). The molecule has 7 heteroatoms. The van der Waals surface area contributed by atoms with E-state index in [1.165, 1.54) is 0 Å². The van der Waals surface area contributed by atoms with Gasteiger partial charge in [0.2, 0.25) is 5.95 Å². The second-order valence-electron chi connectivity index (χ2n) is 5.58. The fourth-order valence-electron chi connectivity index (χ4n) is 2.68. The lowest BCUT2D eigenvalue weighted by Crippen LogP contribution is -1.98. The summed E-state index contributed by atoms with van der Waals surface area (Å²) in [4.78, 5) is 8.19.